The van der Waals surface area contributed by atoms with Gasteiger partial charge in [0.2, 0.25) is 0 Å². The number of nitrogens with zero attached hydrogens (tertiary/aromatic N) is 1. The molecule has 0 bridgehead atoms. The normalized spacial score (nSPS) is 11.4. The fourth-order valence-corrected chi connectivity index (χ4v) is 1.53. The molecule has 0 aliphatic heterocycles. The van der Waals surface area contributed by atoms with Crippen molar-refractivity contribution in [3.05, 3.63) is 23.4 Å². The number of nitrogens with one attached hydrogen (secondary N) is 1. The first kappa shape index (κ1) is 15.3. The van der Waals surface area contributed by atoms with E-state index in [0.717, 1.165) is 31.4 Å². The Morgan fingerprint density at radius 1 is 1.37 bits per heavy atom. The summed E-state index contributed by atoms with van der Waals surface area (Å²) < 4.78 is 37.6. The highest BCUT2D eigenvalue weighted by Crippen LogP contribution is 2.29. The van der Waals surface area contributed by atoms with Gasteiger partial charge < -0.3 is 11.1 Å². The van der Waals surface area contributed by atoms with Crippen molar-refractivity contribution in [2.75, 3.05) is 11.9 Å². The first-order chi connectivity index (χ1) is 8.86. The summed E-state index contributed by atoms with van der Waals surface area (Å²) >= 11 is 0. The molecule has 0 aliphatic rings. The largest absolute Gasteiger partial charge is 0.433 e. The molecule has 1 heterocycles. The average Bonchev–Trinajstić information content (AvgIpc) is 2.33. The number of pyridine rings is 1. The van der Waals surface area contributed by atoms with Crippen molar-refractivity contribution >= 4 is 11.7 Å². The lowest BCUT2D eigenvalue weighted by Crippen LogP contribution is -2.18. The highest BCUT2D eigenvalue weighted by atomic mass is 19.4. The van der Waals surface area contributed by atoms with E-state index in [9.17, 15) is 18.0 Å². The van der Waals surface area contributed by atoms with Gasteiger partial charge in [-0.15, -0.1) is 0 Å². The van der Waals surface area contributed by atoms with Gasteiger partial charge in [0.05, 0.1) is 5.56 Å². The number of anilines is 1. The molecule has 3 N–H and O–H groups in total. The first-order valence-electron chi connectivity index (χ1n) is 5.98. The SMILES string of the molecule is CCCCCNc1nc(C(F)(F)F)ccc1C(N)=O. The Bertz CT molecular complexity index is 446. The number of amides is 1. The van der Waals surface area contributed by atoms with Crippen LogP contribution in [-0.2, 0) is 6.18 Å². The number of carbonyl (C=O) groups is 1. The van der Waals surface area contributed by atoms with E-state index in [4.69, 9.17) is 5.73 Å². The van der Waals surface area contributed by atoms with Gasteiger partial charge in [-0.05, 0) is 18.6 Å². The topological polar surface area (TPSA) is 68.0 Å². The number of hydrogen-bond donors (Lipinski definition) is 2. The van der Waals surface area contributed by atoms with Crippen molar-refractivity contribution in [2.24, 2.45) is 5.73 Å². The number of halogens is 3. The van der Waals surface area contributed by atoms with Crippen LogP contribution >= 0.6 is 0 Å². The maximum atomic E-state index is 12.5. The minimum atomic E-state index is -4.55. The van der Waals surface area contributed by atoms with Gasteiger partial charge in [-0.2, -0.15) is 13.2 Å². The van der Waals surface area contributed by atoms with E-state index in [1.165, 1.54) is 0 Å². The zero-order valence-corrected chi connectivity index (χ0v) is 10.5. The summed E-state index contributed by atoms with van der Waals surface area (Å²) in [6.07, 6.45) is -1.83. The third-order valence-electron chi connectivity index (χ3n) is 2.52. The molecule has 1 aromatic heterocycles. The van der Waals surface area contributed by atoms with Crippen molar-refractivity contribution < 1.29 is 18.0 Å². The Morgan fingerprint density at radius 2 is 2.05 bits per heavy atom. The van der Waals surface area contributed by atoms with Crippen LogP contribution in [0.25, 0.3) is 0 Å². The van der Waals surface area contributed by atoms with Gasteiger partial charge in [-0.25, -0.2) is 4.98 Å². The molecule has 106 valence electrons. The first-order valence-corrected chi connectivity index (χ1v) is 5.98. The summed E-state index contributed by atoms with van der Waals surface area (Å²) in [4.78, 5) is 14.6. The molecule has 0 saturated carbocycles. The molecule has 0 aliphatic carbocycles. The van der Waals surface area contributed by atoms with Crippen LogP contribution < -0.4 is 11.1 Å². The quantitative estimate of drug-likeness (QED) is 0.784. The van der Waals surface area contributed by atoms with E-state index in [0.29, 0.717) is 6.54 Å². The van der Waals surface area contributed by atoms with E-state index in [1.807, 2.05) is 6.92 Å². The molecular formula is C12H16F3N3O. The summed E-state index contributed by atoms with van der Waals surface area (Å²) in [5, 5.41) is 2.73. The van der Waals surface area contributed by atoms with Crippen LogP contribution in [0.1, 0.15) is 42.2 Å². The highest BCUT2D eigenvalue weighted by molar-refractivity contribution is 5.97. The molecule has 4 nitrogen and oxygen atoms in total. The van der Waals surface area contributed by atoms with Crippen molar-refractivity contribution in [1.82, 2.24) is 4.98 Å². The fraction of sp³-hybridized carbons (Fsp3) is 0.500. The minimum Gasteiger partial charge on any atom is -0.369 e. The standard InChI is InChI=1S/C12H16F3N3O/c1-2-3-4-7-17-11-8(10(16)19)5-6-9(18-11)12(13,14)15/h5-6H,2-4,7H2,1H3,(H2,16,19)(H,17,18). The van der Waals surface area contributed by atoms with E-state index in [2.05, 4.69) is 10.3 Å². The Morgan fingerprint density at radius 3 is 2.58 bits per heavy atom. The van der Waals surface area contributed by atoms with Crippen LogP contribution in [0.15, 0.2) is 12.1 Å². The smallest absolute Gasteiger partial charge is 0.369 e. The van der Waals surface area contributed by atoms with Gasteiger partial charge in [0.1, 0.15) is 11.5 Å². The molecule has 1 rings (SSSR count). The lowest BCUT2D eigenvalue weighted by molar-refractivity contribution is -0.141. The zero-order chi connectivity index (χ0) is 14.5. The van der Waals surface area contributed by atoms with Crippen molar-refractivity contribution in [3.8, 4) is 0 Å². The number of rotatable bonds is 6. The van der Waals surface area contributed by atoms with Crippen molar-refractivity contribution in [1.29, 1.82) is 0 Å². The Balaban J connectivity index is 2.93. The molecule has 0 radical (unpaired) electrons. The molecule has 1 aromatic rings. The van der Waals surface area contributed by atoms with Gasteiger partial charge in [0.25, 0.3) is 5.91 Å². The molecule has 7 heteroatoms. The molecular weight excluding hydrogens is 259 g/mol. The maximum absolute atomic E-state index is 12.5. The van der Waals surface area contributed by atoms with Crippen LogP contribution in [0.4, 0.5) is 19.0 Å². The second-order valence-corrected chi connectivity index (χ2v) is 4.09. The molecule has 0 atom stereocenters. The van der Waals surface area contributed by atoms with Gasteiger partial charge >= 0.3 is 6.18 Å². The molecule has 0 saturated heterocycles. The summed E-state index contributed by atoms with van der Waals surface area (Å²) in [5.74, 6) is -0.919. The van der Waals surface area contributed by atoms with Gasteiger partial charge in [0.15, 0.2) is 0 Å². The van der Waals surface area contributed by atoms with Crippen LogP contribution in [0.5, 0.6) is 0 Å². The number of unbranched alkanes of at least 4 members (excludes halogenated alkanes) is 2. The summed E-state index contributed by atoms with van der Waals surface area (Å²) in [7, 11) is 0. The molecule has 1 amide bonds. The average molecular weight is 275 g/mol. The minimum absolute atomic E-state index is 0.0375. The van der Waals surface area contributed by atoms with Gasteiger partial charge in [0, 0.05) is 6.54 Å². The second-order valence-electron chi connectivity index (χ2n) is 4.09. The zero-order valence-electron chi connectivity index (χ0n) is 10.5. The lowest BCUT2D eigenvalue weighted by atomic mass is 10.2. The van der Waals surface area contributed by atoms with Crippen LogP contribution in [0.3, 0.4) is 0 Å². The predicted molar refractivity (Wildman–Crippen MR) is 65.8 cm³/mol. The summed E-state index contributed by atoms with van der Waals surface area (Å²) in [6.45, 7) is 2.46. The molecule has 19 heavy (non-hydrogen) atoms. The number of carbonyl (C=O) groups excluding carboxylic acids is 1. The summed E-state index contributed by atoms with van der Waals surface area (Å²) in [5.41, 5.74) is 4.02. The van der Waals surface area contributed by atoms with Crippen LogP contribution in [0, 0.1) is 0 Å². The number of nitrogens with two attached hydrogens (primary N) is 1. The third-order valence-corrected chi connectivity index (χ3v) is 2.52. The van der Waals surface area contributed by atoms with E-state index in [-0.39, 0.29) is 11.4 Å². The van der Waals surface area contributed by atoms with Crippen LogP contribution in [-0.4, -0.2) is 17.4 Å². The molecule has 0 unspecified atom stereocenters. The monoisotopic (exact) mass is 275 g/mol. The Hall–Kier alpha value is -1.79. The van der Waals surface area contributed by atoms with E-state index in [1.54, 1.807) is 0 Å². The number of primary amides is 1. The van der Waals surface area contributed by atoms with E-state index < -0.39 is 17.8 Å². The second kappa shape index (κ2) is 6.40. The molecule has 0 aromatic carbocycles. The predicted octanol–water partition coefficient (Wildman–Crippen LogP) is 2.80. The van der Waals surface area contributed by atoms with Gasteiger partial charge in [-0.1, -0.05) is 19.8 Å². The maximum Gasteiger partial charge on any atom is 0.433 e. The molecule has 0 spiro atoms. The molecule has 0 fully saturated rings. The fourth-order valence-electron chi connectivity index (χ4n) is 1.53. The lowest BCUT2D eigenvalue weighted by Gasteiger charge is -2.12. The Labute approximate surface area is 109 Å². The highest BCUT2D eigenvalue weighted by Gasteiger charge is 2.33. The van der Waals surface area contributed by atoms with Crippen LogP contribution in [0.2, 0.25) is 0 Å². The number of hydrogen-bond acceptors (Lipinski definition) is 3. The van der Waals surface area contributed by atoms with Crippen molar-refractivity contribution in [2.45, 2.75) is 32.4 Å². The third kappa shape index (κ3) is 4.42. The van der Waals surface area contributed by atoms with Crippen molar-refractivity contribution in [3.63, 3.8) is 0 Å². The Kier molecular flexibility index (Phi) is 5.14. The van der Waals surface area contributed by atoms with Gasteiger partial charge in [-0.3, -0.25) is 4.79 Å². The number of alkyl halides is 3. The summed E-state index contributed by atoms with van der Waals surface area (Å²) in [6, 6.07) is 1.79. The van der Waals surface area contributed by atoms with E-state index >= 15 is 0 Å². The number of aromatic nitrogens is 1.